The molecule has 1 aromatic carbocycles. The van der Waals surface area contributed by atoms with Crippen molar-refractivity contribution in [2.45, 2.75) is 23.0 Å². The molecule has 0 aliphatic carbocycles. The van der Waals surface area contributed by atoms with Gasteiger partial charge in [0.1, 0.15) is 11.0 Å². The summed E-state index contributed by atoms with van der Waals surface area (Å²) in [6.07, 6.45) is 1.73. The van der Waals surface area contributed by atoms with Gasteiger partial charge < -0.3 is 14.5 Å². The van der Waals surface area contributed by atoms with Crippen LogP contribution in [0.5, 0.6) is 5.75 Å². The molecule has 0 saturated carbocycles. The van der Waals surface area contributed by atoms with Crippen LogP contribution in [0.1, 0.15) is 12.8 Å². The summed E-state index contributed by atoms with van der Waals surface area (Å²) in [6, 6.07) is 6.42. The fourth-order valence-corrected chi connectivity index (χ4v) is 4.94. The topological polar surface area (TPSA) is 66.9 Å². The van der Waals surface area contributed by atoms with Crippen LogP contribution in [0.15, 0.2) is 29.2 Å². The number of piperidine rings is 1. The first kappa shape index (κ1) is 17.2. The molecule has 0 radical (unpaired) electrons. The van der Waals surface area contributed by atoms with E-state index in [2.05, 4.69) is 11.9 Å². The normalized spacial score (nSPS) is 20.7. The standard InChI is InChI=1S/C17H24N2O4S/c1-18-9-7-13(8-10-18)17(20)19-11-16(12-19)24(21,22)15-5-3-14(23-2)4-6-15/h3-6,13,16H,7-12H2,1-2H3. The predicted molar refractivity (Wildman–Crippen MR) is 90.8 cm³/mol. The number of carbonyl (C=O) groups is 1. The average Bonchev–Trinajstić information content (AvgIpc) is 2.54. The van der Waals surface area contributed by atoms with Crippen molar-refractivity contribution in [3.8, 4) is 5.75 Å². The highest BCUT2D eigenvalue weighted by Gasteiger charge is 2.42. The van der Waals surface area contributed by atoms with E-state index in [4.69, 9.17) is 4.74 Å². The van der Waals surface area contributed by atoms with Crippen LogP contribution in [-0.4, -0.2) is 69.7 Å². The highest BCUT2D eigenvalue weighted by molar-refractivity contribution is 7.92. The number of carbonyl (C=O) groups excluding carboxylic acids is 1. The number of amides is 1. The Morgan fingerprint density at radius 1 is 1.12 bits per heavy atom. The van der Waals surface area contributed by atoms with Gasteiger partial charge in [0.15, 0.2) is 9.84 Å². The molecule has 2 aliphatic heterocycles. The summed E-state index contributed by atoms with van der Waals surface area (Å²) in [5, 5.41) is -0.499. The molecular formula is C17H24N2O4S. The lowest BCUT2D eigenvalue weighted by molar-refractivity contribution is -0.140. The number of nitrogens with zero attached hydrogens (tertiary/aromatic N) is 2. The summed E-state index contributed by atoms with van der Waals surface area (Å²) in [5.74, 6) is 0.789. The van der Waals surface area contributed by atoms with Crippen LogP contribution in [0.4, 0.5) is 0 Å². The van der Waals surface area contributed by atoms with Crippen molar-refractivity contribution in [2.24, 2.45) is 5.92 Å². The van der Waals surface area contributed by atoms with Gasteiger partial charge in [-0.3, -0.25) is 4.79 Å². The molecule has 1 amide bonds. The van der Waals surface area contributed by atoms with Crippen molar-refractivity contribution in [1.29, 1.82) is 0 Å². The van der Waals surface area contributed by atoms with Crippen LogP contribution in [-0.2, 0) is 14.6 Å². The molecule has 0 atom stereocenters. The maximum atomic E-state index is 12.6. The molecule has 0 aromatic heterocycles. The maximum Gasteiger partial charge on any atom is 0.225 e. The Morgan fingerprint density at radius 2 is 1.71 bits per heavy atom. The molecule has 2 saturated heterocycles. The molecule has 24 heavy (non-hydrogen) atoms. The second-order valence-electron chi connectivity index (χ2n) is 6.66. The van der Waals surface area contributed by atoms with E-state index in [9.17, 15) is 13.2 Å². The lowest BCUT2D eigenvalue weighted by Gasteiger charge is -2.41. The highest BCUT2D eigenvalue weighted by Crippen LogP contribution is 2.28. The molecule has 2 aliphatic rings. The third-order valence-electron chi connectivity index (χ3n) is 5.05. The third kappa shape index (κ3) is 3.28. The van der Waals surface area contributed by atoms with Gasteiger partial charge in [0.05, 0.1) is 12.0 Å². The Morgan fingerprint density at radius 3 is 2.25 bits per heavy atom. The Kier molecular flexibility index (Phi) is 4.83. The number of sulfone groups is 1. The van der Waals surface area contributed by atoms with Gasteiger partial charge in [-0.15, -0.1) is 0 Å². The first-order valence-electron chi connectivity index (χ1n) is 8.27. The van der Waals surface area contributed by atoms with Crippen LogP contribution in [0.2, 0.25) is 0 Å². The quantitative estimate of drug-likeness (QED) is 0.809. The minimum absolute atomic E-state index is 0.0471. The number of ether oxygens (including phenoxy) is 1. The van der Waals surface area contributed by atoms with E-state index in [1.165, 1.54) is 0 Å². The minimum Gasteiger partial charge on any atom is -0.497 e. The Labute approximate surface area is 143 Å². The smallest absolute Gasteiger partial charge is 0.225 e. The van der Waals surface area contributed by atoms with Gasteiger partial charge in [0, 0.05) is 19.0 Å². The number of hydrogen-bond acceptors (Lipinski definition) is 5. The van der Waals surface area contributed by atoms with Gasteiger partial charge in [-0.1, -0.05) is 0 Å². The summed E-state index contributed by atoms with van der Waals surface area (Å²) < 4.78 is 30.3. The molecule has 132 valence electrons. The summed E-state index contributed by atoms with van der Waals surface area (Å²) in [6.45, 7) is 2.47. The lowest BCUT2D eigenvalue weighted by Crippen LogP contribution is -2.58. The molecule has 0 N–H and O–H groups in total. The monoisotopic (exact) mass is 352 g/mol. The molecule has 0 bridgehead atoms. The van der Waals surface area contributed by atoms with Crippen LogP contribution in [0.25, 0.3) is 0 Å². The Bertz CT molecular complexity index is 688. The highest BCUT2D eigenvalue weighted by atomic mass is 32.2. The third-order valence-corrected chi connectivity index (χ3v) is 7.16. The second-order valence-corrected chi connectivity index (χ2v) is 8.89. The molecule has 2 heterocycles. The molecular weight excluding hydrogens is 328 g/mol. The number of benzene rings is 1. The number of likely N-dealkylation sites (tertiary alicyclic amines) is 2. The number of methoxy groups -OCH3 is 1. The Balaban J connectivity index is 1.59. The zero-order valence-electron chi connectivity index (χ0n) is 14.1. The van der Waals surface area contributed by atoms with Crippen molar-refractivity contribution < 1.29 is 17.9 Å². The zero-order chi connectivity index (χ0) is 17.3. The summed E-state index contributed by atoms with van der Waals surface area (Å²) in [7, 11) is 0.210. The molecule has 6 nitrogen and oxygen atoms in total. The van der Waals surface area contributed by atoms with E-state index in [0.717, 1.165) is 25.9 Å². The number of rotatable bonds is 4. The average molecular weight is 352 g/mol. The fraction of sp³-hybridized carbons (Fsp3) is 0.588. The number of hydrogen-bond donors (Lipinski definition) is 0. The fourth-order valence-electron chi connectivity index (χ4n) is 3.29. The predicted octanol–water partition coefficient (Wildman–Crippen LogP) is 1.02. The van der Waals surface area contributed by atoms with Gasteiger partial charge in [0.2, 0.25) is 5.91 Å². The van der Waals surface area contributed by atoms with Crippen molar-refractivity contribution >= 4 is 15.7 Å². The minimum atomic E-state index is -3.39. The Hall–Kier alpha value is -1.60. The summed E-state index contributed by atoms with van der Waals surface area (Å²) >= 11 is 0. The molecule has 0 spiro atoms. The van der Waals surface area contributed by atoms with E-state index in [-0.39, 0.29) is 11.8 Å². The van der Waals surface area contributed by atoms with E-state index in [0.29, 0.717) is 23.7 Å². The SMILES string of the molecule is COc1ccc(S(=O)(=O)C2CN(C(=O)C3CCN(C)CC3)C2)cc1. The van der Waals surface area contributed by atoms with Crippen LogP contribution in [0.3, 0.4) is 0 Å². The molecule has 2 fully saturated rings. The van der Waals surface area contributed by atoms with Gasteiger partial charge in [-0.25, -0.2) is 8.42 Å². The first-order chi connectivity index (χ1) is 11.4. The van der Waals surface area contributed by atoms with Crippen LogP contribution < -0.4 is 4.74 Å². The van der Waals surface area contributed by atoms with Gasteiger partial charge in [-0.2, -0.15) is 0 Å². The van der Waals surface area contributed by atoms with Crippen LogP contribution in [0, 0.1) is 5.92 Å². The summed E-state index contributed by atoms with van der Waals surface area (Å²) in [4.78, 5) is 16.7. The van der Waals surface area contributed by atoms with E-state index in [1.807, 2.05) is 0 Å². The largest absolute Gasteiger partial charge is 0.497 e. The first-order valence-corrected chi connectivity index (χ1v) is 9.81. The van der Waals surface area contributed by atoms with Crippen molar-refractivity contribution in [2.75, 3.05) is 40.3 Å². The van der Waals surface area contributed by atoms with Crippen molar-refractivity contribution in [3.63, 3.8) is 0 Å². The van der Waals surface area contributed by atoms with Crippen molar-refractivity contribution in [3.05, 3.63) is 24.3 Å². The summed E-state index contributed by atoms with van der Waals surface area (Å²) in [5.41, 5.74) is 0. The molecule has 3 rings (SSSR count). The lowest BCUT2D eigenvalue weighted by atomic mass is 9.94. The van der Waals surface area contributed by atoms with Gasteiger partial charge >= 0.3 is 0 Å². The molecule has 7 heteroatoms. The zero-order valence-corrected chi connectivity index (χ0v) is 15.0. The molecule has 1 aromatic rings. The van der Waals surface area contributed by atoms with Crippen LogP contribution >= 0.6 is 0 Å². The maximum absolute atomic E-state index is 12.6. The van der Waals surface area contributed by atoms with Gasteiger partial charge in [-0.05, 0) is 57.2 Å². The van der Waals surface area contributed by atoms with Gasteiger partial charge in [0.25, 0.3) is 0 Å². The van der Waals surface area contributed by atoms with E-state index >= 15 is 0 Å². The van der Waals surface area contributed by atoms with Crippen molar-refractivity contribution in [1.82, 2.24) is 9.80 Å². The molecule has 0 unspecified atom stereocenters. The van der Waals surface area contributed by atoms with E-state index in [1.54, 1.807) is 36.3 Å². The second kappa shape index (κ2) is 6.72. The van der Waals surface area contributed by atoms with E-state index < -0.39 is 15.1 Å².